The van der Waals surface area contributed by atoms with Gasteiger partial charge in [0.2, 0.25) is 0 Å². The second kappa shape index (κ2) is 28.9. The Hall–Kier alpha value is -2.52. The highest BCUT2D eigenvalue weighted by molar-refractivity contribution is 5.81. The number of aliphatic hydroxyl groups is 4. The Morgan fingerprint density at radius 3 is 1.27 bits per heavy atom. The van der Waals surface area contributed by atoms with Gasteiger partial charge in [-0.3, -0.25) is 19.2 Å². The SMILES string of the molecule is CCCCCC(O)CC(=O)CC=CC=CC(O)CC(=O)CCCCCC(=O)CC(O)C=CC=CCC(=O)CC(O)CCCCC. The van der Waals surface area contributed by atoms with Gasteiger partial charge in [0.15, 0.2) is 0 Å². The molecule has 0 aliphatic rings. The van der Waals surface area contributed by atoms with Crippen molar-refractivity contribution in [1.29, 1.82) is 0 Å². The molecule has 0 aliphatic carbocycles. The summed E-state index contributed by atoms with van der Waals surface area (Å²) in [6, 6.07) is 0. The van der Waals surface area contributed by atoms with E-state index in [9.17, 15) is 39.6 Å². The van der Waals surface area contributed by atoms with E-state index in [-0.39, 0.29) is 61.7 Å². The number of allylic oxidation sites excluding steroid dienone is 6. The fourth-order valence-electron chi connectivity index (χ4n) is 4.73. The average Bonchev–Trinajstić information content (AvgIpc) is 2.96. The van der Waals surface area contributed by atoms with Crippen molar-refractivity contribution in [2.45, 2.75) is 160 Å². The Balaban J connectivity index is 3.99. The highest BCUT2D eigenvalue weighted by atomic mass is 16.3. The number of rotatable bonds is 30. The zero-order valence-electron chi connectivity index (χ0n) is 27.8. The molecule has 0 heterocycles. The van der Waals surface area contributed by atoms with Crippen molar-refractivity contribution in [1.82, 2.24) is 0 Å². The lowest BCUT2D eigenvalue weighted by molar-refractivity contribution is -0.121. The summed E-state index contributed by atoms with van der Waals surface area (Å²) in [6.07, 6.45) is 20.6. The van der Waals surface area contributed by atoms with Crippen molar-refractivity contribution in [3.63, 3.8) is 0 Å². The highest BCUT2D eigenvalue weighted by Crippen LogP contribution is 2.11. The fourth-order valence-corrected chi connectivity index (χ4v) is 4.73. The van der Waals surface area contributed by atoms with Gasteiger partial charge in [0.05, 0.1) is 24.4 Å². The minimum absolute atomic E-state index is 0.00822. The van der Waals surface area contributed by atoms with Crippen LogP contribution in [0.4, 0.5) is 0 Å². The van der Waals surface area contributed by atoms with E-state index in [0.717, 1.165) is 38.5 Å². The van der Waals surface area contributed by atoms with Gasteiger partial charge in [0.25, 0.3) is 0 Å². The summed E-state index contributed by atoms with van der Waals surface area (Å²) in [5.41, 5.74) is 0. The molecule has 0 aromatic heterocycles. The molecule has 0 radical (unpaired) electrons. The smallest absolute Gasteiger partial charge is 0.139 e. The zero-order chi connectivity index (χ0) is 33.7. The summed E-state index contributed by atoms with van der Waals surface area (Å²) < 4.78 is 0. The minimum Gasteiger partial charge on any atom is -0.393 e. The van der Waals surface area contributed by atoms with Crippen LogP contribution in [0.15, 0.2) is 48.6 Å². The van der Waals surface area contributed by atoms with Crippen LogP contribution in [0.3, 0.4) is 0 Å². The molecule has 0 saturated heterocycles. The first kappa shape index (κ1) is 42.5. The summed E-state index contributed by atoms with van der Waals surface area (Å²) in [5, 5.41) is 39.8. The van der Waals surface area contributed by atoms with Crippen LogP contribution in [0.5, 0.6) is 0 Å². The van der Waals surface area contributed by atoms with Crippen LogP contribution in [-0.4, -0.2) is 68.0 Å². The summed E-state index contributed by atoms with van der Waals surface area (Å²) in [7, 11) is 0. The Morgan fingerprint density at radius 1 is 0.489 bits per heavy atom. The quantitative estimate of drug-likeness (QED) is 0.0526. The van der Waals surface area contributed by atoms with Crippen LogP contribution in [0, 0.1) is 0 Å². The van der Waals surface area contributed by atoms with Crippen LogP contribution >= 0.6 is 0 Å². The molecule has 0 fully saturated rings. The normalized spacial score (nSPS) is 14.9. The van der Waals surface area contributed by atoms with Gasteiger partial charge < -0.3 is 20.4 Å². The van der Waals surface area contributed by atoms with E-state index < -0.39 is 24.4 Å². The van der Waals surface area contributed by atoms with E-state index in [2.05, 4.69) is 13.8 Å². The van der Waals surface area contributed by atoms with Gasteiger partial charge in [-0.15, -0.1) is 0 Å². The maximum atomic E-state index is 12.1. The molecular formula is C37H60O8. The standard InChI is InChI=1S/C37H60O8/c1-3-5-10-18-30(38)26-32(40)20-12-7-14-22-34(42)28-36(44)24-16-9-17-25-37(45)29-35(43)23-15-8-13-21-33(41)27-31(39)19-11-6-4-2/h7-8,12-15,22-23,30-31,34-35,38-39,42-43H,3-6,9-11,16-21,24-29H2,1-2H3. The van der Waals surface area contributed by atoms with Crippen LogP contribution in [-0.2, 0) is 19.2 Å². The second-order valence-electron chi connectivity index (χ2n) is 12.0. The van der Waals surface area contributed by atoms with E-state index in [1.807, 2.05) is 0 Å². The summed E-state index contributed by atoms with van der Waals surface area (Å²) in [6.45, 7) is 4.18. The molecular weight excluding hydrogens is 572 g/mol. The molecule has 0 bridgehead atoms. The first-order valence-electron chi connectivity index (χ1n) is 17.0. The summed E-state index contributed by atoms with van der Waals surface area (Å²) in [5.74, 6) is -0.190. The molecule has 45 heavy (non-hydrogen) atoms. The molecule has 0 amide bonds. The molecule has 0 aliphatic heterocycles. The highest BCUT2D eigenvalue weighted by Gasteiger charge is 2.12. The number of hydrogen-bond donors (Lipinski definition) is 4. The number of hydrogen-bond acceptors (Lipinski definition) is 8. The maximum Gasteiger partial charge on any atom is 0.139 e. The molecule has 0 aromatic rings. The van der Waals surface area contributed by atoms with Crippen molar-refractivity contribution in [3.05, 3.63) is 48.6 Å². The maximum absolute atomic E-state index is 12.1. The molecule has 0 spiro atoms. The molecule has 0 aromatic carbocycles. The average molecular weight is 633 g/mol. The second-order valence-corrected chi connectivity index (χ2v) is 12.0. The van der Waals surface area contributed by atoms with Gasteiger partial charge >= 0.3 is 0 Å². The molecule has 0 rings (SSSR count). The molecule has 4 N–H and O–H groups in total. The molecule has 8 nitrogen and oxygen atoms in total. The van der Waals surface area contributed by atoms with Crippen molar-refractivity contribution in [2.24, 2.45) is 0 Å². The lowest BCUT2D eigenvalue weighted by atomic mass is 10.0. The van der Waals surface area contributed by atoms with Gasteiger partial charge in [-0.25, -0.2) is 0 Å². The Labute approximate surface area is 271 Å². The summed E-state index contributed by atoms with van der Waals surface area (Å²) in [4.78, 5) is 48.1. The topological polar surface area (TPSA) is 149 Å². The van der Waals surface area contributed by atoms with Gasteiger partial charge in [-0.05, 0) is 25.7 Å². The fraction of sp³-hybridized carbons (Fsp3) is 0.676. The molecule has 8 heteroatoms. The number of carbonyl (C=O) groups is 4. The lowest BCUT2D eigenvalue weighted by Crippen LogP contribution is -2.12. The monoisotopic (exact) mass is 632 g/mol. The largest absolute Gasteiger partial charge is 0.393 e. The van der Waals surface area contributed by atoms with Crippen molar-refractivity contribution in [2.75, 3.05) is 0 Å². The lowest BCUT2D eigenvalue weighted by Gasteiger charge is -2.08. The van der Waals surface area contributed by atoms with Crippen molar-refractivity contribution >= 4 is 23.1 Å². The van der Waals surface area contributed by atoms with Gasteiger partial charge in [-0.1, -0.05) is 107 Å². The molecule has 256 valence electrons. The van der Waals surface area contributed by atoms with E-state index in [1.165, 1.54) is 12.2 Å². The number of unbranched alkanes of at least 4 members (excludes halogenated alkanes) is 6. The molecule has 0 saturated carbocycles. The Bertz CT molecular complexity index is 859. The van der Waals surface area contributed by atoms with Gasteiger partial charge in [-0.2, -0.15) is 0 Å². The number of Topliss-reactive ketones (excluding diaryl/α,β-unsaturated/α-hetero) is 4. The molecule has 4 atom stereocenters. The first-order chi connectivity index (χ1) is 21.6. The van der Waals surface area contributed by atoms with Crippen LogP contribution in [0.25, 0.3) is 0 Å². The number of ketones is 4. The predicted molar refractivity (Wildman–Crippen MR) is 180 cm³/mol. The predicted octanol–water partition coefficient (Wildman–Crippen LogP) is 6.38. The van der Waals surface area contributed by atoms with Crippen molar-refractivity contribution in [3.8, 4) is 0 Å². The van der Waals surface area contributed by atoms with E-state index in [1.54, 1.807) is 36.5 Å². The zero-order valence-corrected chi connectivity index (χ0v) is 27.8. The van der Waals surface area contributed by atoms with E-state index >= 15 is 0 Å². The van der Waals surface area contributed by atoms with Crippen molar-refractivity contribution < 1.29 is 39.6 Å². The summed E-state index contributed by atoms with van der Waals surface area (Å²) >= 11 is 0. The van der Waals surface area contributed by atoms with E-state index in [4.69, 9.17) is 0 Å². The Kier molecular flexibility index (Phi) is 27.3. The third-order valence-electron chi connectivity index (χ3n) is 7.35. The number of carbonyl (C=O) groups excluding carboxylic acids is 4. The van der Waals surface area contributed by atoms with E-state index in [0.29, 0.717) is 44.9 Å². The first-order valence-corrected chi connectivity index (χ1v) is 17.0. The van der Waals surface area contributed by atoms with Gasteiger partial charge in [0.1, 0.15) is 23.1 Å². The Morgan fingerprint density at radius 2 is 0.889 bits per heavy atom. The number of aliphatic hydroxyl groups excluding tert-OH is 4. The molecule has 4 unspecified atom stereocenters. The van der Waals surface area contributed by atoms with Crippen LogP contribution in [0.1, 0.15) is 136 Å². The van der Waals surface area contributed by atoms with Gasteiger partial charge in [0, 0.05) is 51.4 Å². The third kappa shape index (κ3) is 28.7. The third-order valence-corrected chi connectivity index (χ3v) is 7.35. The van der Waals surface area contributed by atoms with Crippen LogP contribution in [0.2, 0.25) is 0 Å². The van der Waals surface area contributed by atoms with Crippen LogP contribution < -0.4 is 0 Å². The minimum atomic E-state index is -0.905.